The van der Waals surface area contributed by atoms with Crippen molar-refractivity contribution in [1.82, 2.24) is 14.3 Å². The largest absolute Gasteiger partial charge is 0.465 e. The maximum absolute atomic E-state index is 14.6. The molecule has 0 saturated heterocycles. The Morgan fingerprint density at radius 1 is 1.21 bits per heavy atom. The number of rotatable bonds is 5. The zero-order chi connectivity index (χ0) is 24.8. The predicted molar refractivity (Wildman–Crippen MR) is 129 cm³/mol. The number of nitrogens with one attached hydrogen (secondary N) is 1. The number of benzene rings is 1. The van der Waals surface area contributed by atoms with Gasteiger partial charge in [-0.25, -0.2) is 22.3 Å². The molecule has 182 valence electrons. The molecule has 2 heterocycles. The van der Waals surface area contributed by atoms with E-state index in [1.54, 1.807) is 39.8 Å². The second-order valence-electron chi connectivity index (χ2n) is 9.88. The minimum absolute atomic E-state index is 0.0243. The predicted octanol–water partition coefficient (Wildman–Crippen LogP) is 5.13. The SMILES string of the molecule is COC(=O)c1c(-c2ccc(S(=O)(=O)NC(C)(C)C)cn2)n(C2CCCC2)c2cc(C)c(F)cc12. The lowest BCUT2D eigenvalue weighted by Crippen LogP contribution is -2.40. The number of pyridine rings is 1. The number of aromatic nitrogens is 2. The summed E-state index contributed by atoms with van der Waals surface area (Å²) >= 11 is 0. The van der Waals surface area contributed by atoms with Crippen LogP contribution in [0.2, 0.25) is 0 Å². The van der Waals surface area contributed by atoms with Gasteiger partial charge < -0.3 is 9.30 Å². The Kier molecular flexibility index (Phi) is 6.29. The highest BCUT2D eigenvalue weighted by Crippen LogP contribution is 2.42. The lowest BCUT2D eigenvalue weighted by Gasteiger charge is -2.21. The van der Waals surface area contributed by atoms with Gasteiger partial charge in [-0.1, -0.05) is 12.8 Å². The number of carbonyl (C=O) groups excluding carboxylic acids is 1. The van der Waals surface area contributed by atoms with Gasteiger partial charge in [0.1, 0.15) is 10.7 Å². The summed E-state index contributed by atoms with van der Waals surface area (Å²) in [6.07, 6.45) is 5.25. The van der Waals surface area contributed by atoms with Crippen LogP contribution in [-0.2, 0) is 14.8 Å². The summed E-state index contributed by atoms with van der Waals surface area (Å²) in [6, 6.07) is 6.31. The van der Waals surface area contributed by atoms with Gasteiger partial charge in [-0.2, -0.15) is 0 Å². The topological polar surface area (TPSA) is 90.3 Å². The molecule has 34 heavy (non-hydrogen) atoms. The fraction of sp³-hybridized carbons (Fsp3) is 0.440. The van der Waals surface area contributed by atoms with Crippen LogP contribution in [0.15, 0.2) is 35.4 Å². The Labute approximate surface area is 199 Å². The van der Waals surface area contributed by atoms with Crippen molar-refractivity contribution >= 4 is 26.9 Å². The minimum atomic E-state index is -3.77. The van der Waals surface area contributed by atoms with Gasteiger partial charge in [-0.15, -0.1) is 0 Å². The van der Waals surface area contributed by atoms with Crippen LogP contribution >= 0.6 is 0 Å². The molecule has 7 nitrogen and oxygen atoms in total. The van der Waals surface area contributed by atoms with E-state index in [4.69, 9.17) is 4.74 Å². The molecule has 9 heteroatoms. The zero-order valence-corrected chi connectivity index (χ0v) is 20.9. The molecule has 1 aromatic carbocycles. The first kappa shape index (κ1) is 24.3. The van der Waals surface area contributed by atoms with Gasteiger partial charge in [-0.3, -0.25) is 4.98 Å². The van der Waals surface area contributed by atoms with Gasteiger partial charge in [0.15, 0.2) is 0 Å². The molecule has 1 fully saturated rings. The molecule has 0 spiro atoms. The summed E-state index contributed by atoms with van der Waals surface area (Å²) in [7, 11) is -2.48. The van der Waals surface area contributed by atoms with Crippen molar-refractivity contribution in [2.75, 3.05) is 7.11 Å². The molecule has 0 radical (unpaired) electrons. The van der Waals surface area contributed by atoms with Gasteiger partial charge in [-0.05, 0) is 70.4 Å². The number of carbonyl (C=O) groups is 1. The van der Waals surface area contributed by atoms with Crippen LogP contribution in [0.3, 0.4) is 0 Å². The van der Waals surface area contributed by atoms with Crippen LogP contribution in [0.5, 0.6) is 0 Å². The number of ether oxygens (including phenoxy) is 1. The Balaban J connectivity index is 1.96. The summed E-state index contributed by atoms with van der Waals surface area (Å²) in [5.74, 6) is -0.997. The standard InChI is InChI=1S/C25H30FN3O4S/c1-15-12-21-18(13-19(15)26)22(24(30)33-5)23(29(21)16-8-6-7-9-16)20-11-10-17(14-27-20)34(31,32)28-25(2,3)4/h10-14,16,28H,6-9H2,1-5H3. The van der Waals surface area contributed by atoms with Gasteiger partial charge in [0, 0.05) is 23.2 Å². The summed E-state index contributed by atoms with van der Waals surface area (Å²) in [6.45, 7) is 6.97. The molecule has 0 unspecified atom stereocenters. The molecule has 0 aliphatic heterocycles. The molecule has 2 aromatic heterocycles. The van der Waals surface area contributed by atoms with Crippen LogP contribution in [0.1, 0.15) is 68.4 Å². The molecular weight excluding hydrogens is 457 g/mol. The number of hydrogen-bond acceptors (Lipinski definition) is 5. The molecule has 3 aromatic rings. The number of esters is 1. The lowest BCUT2D eigenvalue weighted by atomic mass is 10.1. The summed E-state index contributed by atoms with van der Waals surface area (Å²) in [5.41, 5.74) is 1.76. The van der Waals surface area contributed by atoms with Gasteiger partial charge in [0.2, 0.25) is 10.0 Å². The highest BCUT2D eigenvalue weighted by atomic mass is 32.2. The molecule has 0 bridgehead atoms. The summed E-state index contributed by atoms with van der Waals surface area (Å²) in [5, 5.41) is 0.463. The van der Waals surface area contributed by atoms with Crippen molar-refractivity contribution in [3.05, 3.63) is 47.4 Å². The van der Waals surface area contributed by atoms with Gasteiger partial charge in [0.05, 0.1) is 29.6 Å². The third-order valence-electron chi connectivity index (χ3n) is 6.09. The van der Waals surface area contributed by atoms with E-state index in [-0.39, 0.29) is 16.5 Å². The van der Waals surface area contributed by atoms with Crippen molar-refractivity contribution < 1.29 is 22.3 Å². The number of halogens is 1. The first-order valence-electron chi connectivity index (χ1n) is 11.4. The Morgan fingerprint density at radius 2 is 1.88 bits per heavy atom. The van der Waals surface area contributed by atoms with Crippen molar-refractivity contribution in [2.45, 2.75) is 69.9 Å². The molecule has 1 aliphatic rings. The summed E-state index contributed by atoms with van der Waals surface area (Å²) < 4.78 is 49.8. The van der Waals surface area contributed by atoms with E-state index >= 15 is 0 Å². The van der Waals surface area contributed by atoms with E-state index < -0.39 is 27.3 Å². The van der Waals surface area contributed by atoms with Crippen LogP contribution < -0.4 is 4.72 Å². The first-order chi connectivity index (χ1) is 15.9. The van der Waals surface area contributed by atoms with E-state index in [0.717, 1.165) is 31.2 Å². The minimum Gasteiger partial charge on any atom is -0.465 e. The summed E-state index contributed by atoms with van der Waals surface area (Å²) in [4.78, 5) is 17.4. The fourth-order valence-electron chi connectivity index (χ4n) is 4.68. The molecule has 0 amide bonds. The highest BCUT2D eigenvalue weighted by Gasteiger charge is 2.31. The van der Waals surface area contributed by atoms with Crippen LogP contribution in [0.25, 0.3) is 22.3 Å². The Hall–Kier alpha value is -2.78. The number of aryl methyl sites for hydroxylation is 1. The lowest BCUT2D eigenvalue weighted by molar-refractivity contribution is 0.0603. The second kappa shape index (κ2) is 8.78. The van der Waals surface area contributed by atoms with Crippen molar-refractivity contribution in [3.8, 4) is 11.4 Å². The van der Waals surface area contributed by atoms with Crippen LogP contribution in [0, 0.1) is 12.7 Å². The maximum atomic E-state index is 14.6. The van der Waals surface area contributed by atoms with Gasteiger partial charge in [0.25, 0.3) is 0 Å². The monoisotopic (exact) mass is 487 g/mol. The average molecular weight is 488 g/mol. The van der Waals surface area contributed by atoms with Crippen molar-refractivity contribution in [3.63, 3.8) is 0 Å². The normalized spacial score (nSPS) is 15.2. The molecule has 1 saturated carbocycles. The van der Waals surface area contributed by atoms with Crippen LogP contribution in [-0.4, -0.2) is 36.6 Å². The second-order valence-corrected chi connectivity index (χ2v) is 11.6. The molecule has 4 rings (SSSR count). The highest BCUT2D eigenvalue weighted by molar-refractivity contribution is 7.89. The van der Waals surface area contributed by atoms with E-state index in [1.165, 1.54) is 25.4 Å². The molecule has 0 atom stereocenters. The smallest absolute Gasteiger partial charge is 0.340 e. The van der Waals surface area contributed by atoms with Crippen molar-refractivity contribution in [2.24, 2.45) is 0 Å². The Bertz CT molecular complexity index is 1350. The Morgan fingerprint density at radius 3 is 2.44 bits per heavy atom. The van der Waals surface area contributed by atoms with E-state index in [9.17, 15) is 17.6 Å². The molecule has 1 N–H and O–H groups in total. The van der Waals surface area contributed by atoms with Crippen molar-refractivity contribution in [1.29, 1.82) is 0 Å². The number of hydrogen-bond donors (Lipinski definition) is 1. The molecular formula is C25H30FN3O4S. The first-order valence-corrected chi connectivity index (χ1v) is 12.8. The number of fused-ring (bicyclic) bond motifs is 1. The molecule has 1 aliphatic carbocycles. The quantitative estimate of drug-likeness (QED) is 0.504. The number of methoxy groups -OCH3 is 1. The van der Waals surface area contributed by atoms with Gasteiger partial charge >= 0.3 is 5.97 Å². The van der Waals surface area contributed by atoms with E-state index in [0.29, 0.717) is 22.3 Å². The third kappa shape index (κ3) is 4.46. The number of nitrogens with zero attached hydrogens (tertiary/aromatic N) is 2. The maximum Gasteiger partial charge on any atom is 0.340 e. The zero-order valence-electron chi connectivity index (χ0n) is 20.1. The van der Waals surface area contributed by atoms with E-state index in [2.05, 4.69) is 14.3 Å². The van der Waals surface area contributed by atoms with E-state index in [1.807, 2.05) is 0 Å². The average Bonchev–Trinajstić information content (AvgIpc) is 3.38. The number of sulfonamides is 1. The fourth-order valence-corrected chi connectivity index (χ4v) is 6.04. The third-order valence-corrected chi connectivity index (χ3v) is 7.84. The van der Waals surface area contributed by atoms with Crippen LogP contribution in [0.4, 0.5) is 4.39 Å².